The lowest BCUT2D eigenvalue weighted by atomic mass is 10.0. The molecule has 0 aromatic heterocycles. The van der Waals surface area contributed by atoms with Gasteiger partial charge in [-0.3, -0.25) is 14.7 Å². The molecule has 2 aromatic rings. The molecule has 0 saturated carbocycles. The highest BCUT2D eigenvalue weighted by atomic mass is 16.2. The number of hydrogen-bond acceptors (Lipinski definition) is 3. The van der Waals surface area contributed by atoms with E-state index in [0.29, 0.717) is 19.0 Å². The molecule has 0 aliphatic carbocycles. The highest BCUT2D eigenvalue weighted by Crippen LogP contribution is 2.21. The molecular weight excluding hydrogens is 398 g/mol. The molecule has 2 heterocycles. The Bertz CT molecular complexity index is 888. The third-order valence-corrected chi connectivity index (χ3v) is 6.43. The lowest BCUT2D eigenvalue weighted by molar-refractivity contribution is -0.119. The number of nitrogens with zero attached hydrogens (tertiary/aromatic N) is 3. The number of hydrogen-bond donors (Lipinski definition) is 2. The Morgan fingerprint density at radius 3 is 2.41 bits per heavy atom. The van der Waals surface area contributed by atoms with Gasteiger partial charge in [-0.15, -0.1) is 0 Å². The van der Waals surface area contributed by atoms with Gasteiger partial charge in [-0.05, 0) is 48.9 Å². The van der Waals surface area contributed by atoms with Crippen molar-refractivity contribution in [2.24, 2.45) is 4.99 Å². The minimum atomic E-state index is 0.238. The van der Waals surface area contributed by atoms with Gasteiger partial charge in [0.1, 0.15) is 0 Å². The van der Waals surface area contributed by atoms with Crippen LogP contribution in [0.25, 0.3) is 0 Å². The van der Waals surface area contributed by atoms with E-state index in [4.69, 9.17) is 0 Å². The average Bonchev–Trinajstić information content (AvgIpc) is 2.84. The fourth-order valence-electron chi connectivity index (χ4n) is 4.52. The smallest absolute Gasteiger partial charge is 0.226 e. The highest BCUT2D eigenvalue weighted by Gasteiger charge is 2.21. The summed E-state index contributed by atoms with van der Waals surface area (Å²) in [6.45, 7) is 4.76. The van der Waals surface area contributed by atoms with Crippen LogP contribution in [-0.2, 0) is 17.9 Å². The van der Waals surface area contributed by atoms with E-state index in [1.807, 2.05) is 11.9 Å². The molecule has 0 unspecified atom stereocenters. The molecule has 6 nitrogen and oxygen atoms in total. The normalized spacial score (nSPS) is 18.6. The molecule has 0 radical (unpaired) electrons. The van der Waals surface area contributed by atoms with Crippen LogP contribution < -0.4 is 15.5 Å². The van der Waals surface area contributed by atoms with Crippen molar-refractivity contribution in [1.82, 2.24) is 15.5 Å². The summed E-state index contributed by atoms with van der Waals surface area (Å²) in [5.74, 6) is 1.09. The van der Waals surface area contributed by atoms with Crippen molar-refractivity contribution in [3.63, 3.8) is 0 Å². The molecule has 2 aliphatic rings. The maximum absolute atomic E-state index is 12.1. The van der Waals surface area contributed by atoms with E-state index in [0.717, 1.165) is 63.5 Å². The Kier molecular flexibility index (Phi) is 7.77. The summed E-state index contributed by atoms with van der Waals surface area (Å²) in [5.41, 5.74) is 3.56. The topological polar surface area (TPSA) is 60.0 Å². The van der Waals surface area contributed by atoms with Crippen LogP contribution in [0, 0.1) is 0 Å². The third kappa shape index (κ3) is 6.10. The number of aliphatic imine (C=N–C) groups is 1. The van der Waals surface area contributed by atoms with Crippen LogP contribution in [0.5, 0.6) is 0 Å². The van der Waals surface area contributed by atoms with Crippen LogP contribution in [0.1, 0.15) is 43.2 Å². The molecule has 170 valence electrons. The van der Waals surface area contributed by atoms with E-state index in [1.54, 1.807) is 0 Å². The molecule has 2 aromatic carbocycles. The summed E-state index contributed by atoms with van der Waals surface area (Å²) < 4.78 is 0. The molecule has 6 heteroatoms. The van der Waals surface area contributed by atoms with Gasteiger partial charge in [-0.1, -0.05) is 42.5 Å². The van der Waals surface area contributed by atoms with Gasteiger partial charge in [0.15, 0.2) is 5.96 Å². The number of carbonyl (C=O) groups excluding carboxylic acids is 1. The molecule has 0 atom stereocenters. The molecule has 0 spiro atoms. The van der Waals surface area contributed by atoms with Gasteiger partial charge in [-0.2, -0.15) is 0 Å². The first-order valence-corrected chi connectivity index (χ1v) is 11.8. The van der Waals surface area contributed by atoms with Gasteiger partial charge in [0, 0.05) is 57.9 Å². The minimum Gasteiger partial charge on any atom is -0.354 e. The summed E-state index contributed by atoms with van der Waals surface area (Å²) in [4.78, 5) is 21.0. The van der Waals surface area contributed by atoms with Crippen LogP contribution in [-0.4, -0.2) is 49.5 Å². The van der Waals surface area contributed by atoms with Crippen molar-refractivity contribution in [3.05, 3.63) is 65.7 Å². The summed E-state index contributed by atoms with van der Waals surface area (Å²) in [7, 11) is 1.82. The Morgan fingerprint density at radius 1 is 0.969 bits per heavy atom. The first-order chi connectivity index (χ1) is 15.7. The van der Waals surface area contributed by atoms with Crippen LogP contribution in [0.4, 0.5) is 5.69 Å². The zero-order chi connectivity index (χ0) is 22.2. The van der Waals surface area contributed by atoms with Crippen LogP contribution in [0.2, 0.25) is 0 Å². The number of piperidine rings is 2. The molecule has 2 saturated heterocycles. The molecule has 2 fully saturated rings. The molecular formula is C26H35N5O. The maximum Gasteiger partial charge on any atom is 0.226 e. The van der Waals surface area contributed by atoms with Crippen molar-refractivity contribution in [2.45, 2.75) is 51.2 Å². The molecule has 2 aliphatic heterocycles. The SMILES string of the molecule is CN=C(NCc1ccc(N2CCCCC2=O)cc1)NC1CCN(Cc2ccccc2)CC1. The predicted octanol–water partition coefficient (Wildman–Crippen LogP) is 3.53. The summed E-state index contributed by atoms with van der Waals surface area (Å²) in [6.07, 6.45) is 4.99. The minimum absolute atomic E-state index is 0.238. The largest absolute Gasteiger partial charge is 0.354 e. The number of anilines is 1. The molecule has 1 amide bonds. The Balaban J connectivity index is 1.21. The van der Waals surface area contributed by atoms with Gasteiger partial charge < -0.3 is 15.5 Å². The second-order valence-corrected chi connectivity index (χ2v) is 8.78. The van der Waals surface area contributed by atoms with E-state index in [2.05, 4.69) is 75.1 Å². The highest BCUT2D eigenvalue weighted by molar-refractivity contribution is 5.93. The second-order valence-electron chi connectivity index (χ2n) is 8.78. The number of likely N-dealkylation sites (tertiary alicyclic amines) is 1. The van der Waals surface area contributed by atoms with Gasteiger partial charge in [0.25, 0.3) is 0 Å². The Morgan fingerprint density at radius 2 is 1.72 bits per heavy atom. The van der Waals surface area contributed by atoms with E-state index in [-0.39, 0.29) is 5.91 Å². The fourth-order valence-corrected chi connectivity index (χ4v) is 4.52. The zero-order valence-corrected chi connectivity index (χ0v) is 19.1. The first kappa shape index (κ1) is 22.3. The number of nitrogens with one attached hydrogen (secondary N) is 2. The fraction of sp³-hybridized carbons (Fsp3) is 0.462. The number of amides is 1. The van der Waals surface area contributed by atoms with Crippen molar-refractivity contribution in [1.29, 1.82) is 0 Å². The van der Waals surface area contributed by atoms with Crippen molar-refractivity contribution < 1.29 is 4.79 Å². The van der Waals surface area contributed by atoms with E-state index in [9.17, 15) is 4.79 Å². The Labute approximate surface area is 191 Å². The lowest BCUT2D eigenvalue weighted by Crippen LogP contribution is -2.48. The number of rotatable bonds is 6. The van der Waals surface area contributed by atoms with E-state index >= 15 is 0 Å². The van der Waals surface area contributed by atoms with Crippen molar-refractivity contribution in [2.75, 3.05) is 31.6 Å². The lowest BCUT2D eigenvalue weighted by Gasteiger charge is -2.33. The predicted molar refractivity (Wildman–Crippen MR) is 131 cm³/mol. The van der Waals surface area contributed by atoms with Crippen molar-refractivity contribution >= 4 is 17.6 Å². The zero-order valence-electron chi connectivity index (χ0n) is 19.1. The van der Waals surface area contributed by atoms with Gasteiger partial charge >= 0.3 is 0 Å². The summed E-state index contributed by atoms with van der Waals surface area (Å²) >= 11 is 0. The second kappa shape index (κ2) is 11.1. The maximum atomic E-state index is 12.1. The monoisotopic (exact) mass is 433 g/mol. The molecule has 0 bridgehead atoms. The van der Waals surface area contributed by atoms with Crippen LogP contribution >= 0.6 is 0 Å². The third-order valence-electron chi connectivity index (χ3n) is 6.43. The van der Waals surface area contributed by atoms with Crippen molar-refractivity contribution in [3.8, 4) is 0 Å². The van der Waals surface area contributed by atoms with Crippen LogP contribution in [0.15, 0.2) is 59.6 Å². The van der Waals surface area contributed by atoms with Crippen LogP contribution in [0.3, 0.4) is 0 Å². The summed E-state index contributed by atoms with van der Waals surface area (Å²) in [6, 6.07) is 19.4. The van der Waals surface area contributed by atoms with Gasteiger partial charge in [-0.25, -0.2) is 0 Å². The average molecular weight is 434 g/mol. The standard InChI is InChI=1S/C26H35N5O/c1-27-26(29-23-14-17-30(18-15-23)20-22-7-3-2-4-8-22)28-19-21-10-12-24(13-11-21)31-16-6-5-9-25(31)32/h2-4,7-8,10-13,23H,5-6,9,14-20H2,1H3,(H2,27,28,29). The van der Waals surface area contributed by atoms with Gasteiger partial charge in [0.05, 0.1) is 0 Å². The number of carbonyl (C=O) groups is 1. The first-order valence-electron chi connectivity index (χ1n) is 11.8. The summed E-state index contributed by atoms with van der Waals surface area (Å²) in [5, 5.41) is 7.03. The van der Waals surface area contributed by atoms with Gasteiger partial charge in [0.2, 0.25) is 5.91 Å². The van der Waals surface area contributed by atoms with E-state index < -0.39 is 0 Å². The van der Waals surface area contributed by atoms with E-state index in [1.165, 1.54) is 11.1 Å². The quantitative estimate of drug-likeness (QED) is 0.541. The Hall–Kier alpha value is -2.86. The molecule has 32 heavy (non-hydrogen) atoms. The number of guanidine groups is 1. The number of benzene rings is 2. The molecule has 4 rings (SSSR count). The molecule has 2 N–H and O–H groups in total.